The number of ether oxygens (including phenoxy) is 2. The van der Waals surface area contributed by atoms with E-state index in [4.69, 9.17) is 9.47 Å². The first kappa shape index (κ1) is 16.3. The second-order valence-electron chi connectivity index (χ2n) is 6.69. The Labute approximate surface area is 148 Å². The summed E-state index contributed by atoms with van der Waals surface area (Å²) in [6.07, 6.45) is 1.03. The molecule has 2 aromatic rings. The molecule has 4 nitrogen and oxygen atoms in total. The van der Waals surface area contributed by atoms with Gasteiger partial charge in [0.25, 0.3) is 5.91 Å². The van der Waals surface area contributed by atoms with Crippen molar-refractivity contribution in [1.82, 2.24) is 4.90 Å². The molecule has 0 radical (unpaired) electrons. The first-order valence-electron chi connectivity index (χ1n) is 8.94. The van der Waals surface area contributed by atoms with E-state index in [1.165, 1.54) is 5.56 Å². The zero-order valence-corrected chi connectivity index (χ0v) is 14.3. The molecule has 0 bridgehead atoms. The molecule has 0 spiro atoms. The number of hydrogen-bond acceptors (Lipinski definition) is 3. The average Bonchev–Trinajstić information content (AvgIpc) is 3.23. The average molecular weight is 337 g/mol. The minimum absolute atomic E-state index is 0.0269. The van der Waals surface area contributed by atoms with Gasteiger partial charge in [0, 0.05) is 24.6 Å². The third-order valence-electron chi connectivity index (χ3n) is 5.11. The van der Waals surface area contributed by atoms with E-state index >= 15 is 0 Å². The second kappa shape index (κ2) is 7.38. The highest BCUT2D eigenvalue weighted by Gasteiger charge is 2.29. The number of morpholine rings is 1. The van der Waals surface area contributed by atoms with E-state index in [1.807, 2.05) is 41.3 Å². The summed E-state index contributed by atoms with van der Waals surface area (Å²) in [5.41, 5.74) is 3.08. The monoisotopic (exact) mass is 337 g/mol. The van der Waals surface area contributed by atoms with Crippen LogP contribution in [-0.4, -0.2) is 43.8 Å². The van der Waals surface area contributed by atoms with Crippen molar-refractivity contribution >= 4 is 5.91 Å². The Kier molecular flexibility index (Phi) is 4.81. The van der Waals surface area contributed by atoms with Gasteiger partial charge in [-0.1, -0.05) is 42.5 Å². The van der Waals surface area contributed by atoms with Gasteiger partial charge < -0.3 is 14.4 Å². The minimum Gasteiger partial charge on any atom is -0.381 e. The molecule has 4 rings (SSSR count). The van der Waals surface area contributed by atoms with E-state index in [1.54, 1.807) is 0 Å². The largest absolute Gasteiger partial charge is 0.381 e. The van der Waals surface area contributed by atoms with Gasteiger partial charge in [-0.25, -0.2) is 0 Å². The number of nitrogens with zero attached hydrogens (tertiary/aromatic N) is 1. The van der Waals surface area contributed by atoms with Crippen LogP contribution < -0.4 is 0 Å². The lowest BCUT2D eigenvalue weighted by Gasteiger charge is -2.36. The first-order chi connectivity index (χ1) is 12.3. The molecular weight excluding hydrogens is 314 g/mol. The third kappa shape index (κ3) is 3.46. The topological polar surface area (TPSA) is 38.8 Å². The van der Waals surface area contributed by atoms with Gasteiger partial charge in [-0.15, -0.1) is 0 Å². The Balaban J connectivity index is 1.59. The molecule has 25 heavy (non-hydrogen) atoms. The molecule has 2 fully saturated rings. The van der Waals surface area contributed by atoms with Gasteiger partial charge in [-0.3, -0.25) is 4.79 Å². The Morgan fingerprint density at radius 2 is 1.72 bits per heavy atom. The molecule has 2 saturated heterocycles. The van der Waals surface area contributed by atoms with Gasteiger partial charge in [0.2, 0.25) is 0 Å². The van der Waals surface area contributed by atoms with Gasteiger partial charge in [0.15, 0.2) is 0 Å². The maximum absolute atomic E-state index is 13.2. The standard InChI is InChI=1S/C21H23NO3/c23-21(18-8-4-7-17(13-18)19-9-11-24-14-19)22-10-12-25-15-20(22)16-5-2-1-3-6-16/h1-8,13,19-20H,9-12,14-15H2/t19-,20-/m1/s1. The van der Waals surface area contributed by atoms with Crippen molar-refractivity contribution in [3.63, 3.8) is 0 Å². The molecule has 2 aliphatic rings. The number of rotatable bonds is 3. The zero-order chi connectivity index (χ0) is 17.1. The van der Waals surface area contributed by atoms with Gasteiger partial charge in [0.05, 0.1) is 25.9 Å². The Morgan fingerprint density at radius 1 is 0.920 bits per heavy atom. The van der Waals surface area contributed by atoms with E-state index in [0.29, 0.717) is 25.7 Å². The van der Waals surface area contributed by atoms with E-state index in [2.05, 4.69) is 18.2 Å². The summed E-state index contributed by atoms with van der Waals surface area (Å²) in [7, 11) is 0. The van der Waals surface area contributed by atoms with E-state index in [-0.39, 0.29) is 11.9 Å². The van der Waals surface area contributed by atoms with Crippen molar-refractivity contribution in [3.05, 3.63) is 71.3 Å². The summed E-state index contributed by atoms with van der Waals surface area (Å²) in [6, 6.07) is 18.1. The summed E-state index contributed by atoms with van der Waals surface area (Å²) < 4.78 is 11.1. The maximum atomic E-state index is 13.2. The molecule has 2 atom stereocenters. The predicted octanol–water partition coefficient (Wildman–Crippen LogP) is 3.40. The van der Waals surface area contributed by atoms with Gasteiger partial charge >= 0.3 is 0 Å². The molecule has 0 N–H and O–H groups in total. The van der Waals surface area contributed by atoms with Crippen LogP contribution in [-0.2, 0) is 9.47 Å². The molecule has 4 heteroatoms. The molecule has 0 saturated carbocycles. The summed E-state index contributed by atoms with van der Waals surface area (Å²) in [5.74, 6) is 0.486. The molecule has 2 heterocycles. The number of amides is 1. The van der Waals surface area contributed by atoms with Crippen LogP contribution in [0.1, 0.15) is 39.9 Å². The molecule has 130 valence electrons. The summed E-state index contributed by atoms with van der Waals surface area (Å²) >= 11 is 0. The van der Waals surface area contributed by atoms with E-state index < -0.39 is 0 Å². The maximum Gasteiger partial charge on any atom is 0.254 e. The van der Waals surface area contributed by atoms with E-state index in [9.17, 15) is 4.79 Å². The Morgan fingerprint density at radius 3 is 2.52 bits per heavy atom. The minimum atomic E-state index is -0.0269. The first-order valence-corrected chi connectivity index (χ1v) is 8.94. The van der Waals surface area contributed by atoms with Crippen LogP contribution >= 0.6 is 0 Å². The van der Waals surface area contributed by atoms with Crippen LogP contribution in [0.25, 0.3) is 0 Å². The number of carbonyl (C=O) groups is 1. The lowest BCUT2D eigenvalue weighted by atomic mass is 9.96. The van der Waals surface area contributed by atoms with Crippen LogP contribution in [0.5, 0.6) is 0 Å². The van der Waals surface area contributed by atoms with Crippen molar-refractivity contribution in [2.45, 2.75) is 18.4 Å². The molecule has 0 unspecified atom stereocenters. The smallest absolute Gasteiger partial charge is 0.254 e. The Hall–Kier alpha value is -2.17. The highest BCUT2D eigenvalue weighted by atomic mass is 16.5. The summed E-state index contributed by atoms with van der Waals surface area (Å²) in [5, 5.41) is 0. The van der Waals surface area contributed by atoms with Crippen LogP contribution in [0.15, 0.2) is 54.6 Å². The van der Waals surface area contributed by atoms with Gasteiger partial charge in [-0.2, -0.15) is 0 Å². The van der Waals surface area contributed by atoms with Gasteiger partial charge in [-0.05, 0) is 29.7 Å². The van der Waals surface area contributed by atoms with Crippen LogP contribution in [0, 0.1) is 0 Å². The Bertz CT molecular complexity index is 725. The fourth-order valence-electron chi connectivity index (χ4n) is 3.69. The van der Waals surface area contributed by atoms with Crippen molar-refractivity contribution in [3.8, 4) is 0 Å². The summed E-state index contributed by atoms with van der Waals surface area (Å²) in [4.78, 5) is 15.1. The lowest BCUT2D eigenvalue weighted by Crippen LogP contribution is -2.43. The molecule has 2 aliphatic heterocycles. The highest BCUT2D eigenvalue weighted by Crippen LogP contribution is 2.29. The van der Waals surface area contributed by atoms with Crippen molar-refractivity contribution in [2.75, 3.05) is 33.0 Å². The van der Waals surface area contributed by atoms with Crippen LogP contribution in [0.4, 0.5) is 0 Å². The number of hydrogen-bond donors (Lipinski definition) is 0. The quantitative estimate of drug-likeness (QED) is 0.862. The van der Waals surface area contributed by atoms with Crippen molar-refractivity contribution in [1.29, 1.82) is 0 Å². The molecule has 0 aliphatic carbocycles. The normalized spacial score (nSPS) is 23.6. The number of carbonyl (C=O) groups excluding carboxylic acids is 1. The third-order valence-corrected chi connectivity index (χ3v) is 5.11. The predicted molar refractivity (Wildman–Crippen MR) is 95.7 cm³/mol. The SMILES string of the molecule is O=C(c1cccc([C@@H]2CCOC2)c1)N1CCOC[C@@H]1c1ccccc1. The fraction of sp³-hybridized carbons (Fsp3) is 0.381. The fourth-order valence-corrected chi connectivity index (χ4v) is 3.69. The van der Waals surface area contributed by atoms with Gasteiger partial charge in [0.1, 0.15) is 0 Å². The van der Waals surface area contributed by atoms with Crippen LogP contribution in [0.2, 0.25) is 0 Å². The molecule has 0 aromatic heterocycles. The highest BCUT2D eigenvalue weighted by molar-refractivity contribution is 5.94. The van der Waals surface area contributed by atoms with Crippen molar-refractivity contribution < 1.29 is 14.3 Å². The summed E-state index contributed by atoms with van der Waals surface area (Å²) in [6.45, 7) is 3.32. The number of benzene rings is 2. The molecular formula is C21H23NO3. The zero-order valence-electron chi connectivity index (χ0n) is 14.3. The molecule has 1 amide bonds. The second-order valence-corrected chi connectivity index (χ2v) is 6.69. The van der Waals surface area contributed by atoms with E-state index in [0.717, 1.165) is 30.8 Å². The molecule has 2 aromatic carbocycles. The van der Waals surface area contributed by atoms with Crippen LogP contribution in [0.3, 0.4) is 0 Å². The lowest BCUT2D eigenvalue weighted by molar-refractivity contribution is -0.00270. The van der Waals surface area contributed by atoms with Crippen molar-refractivity contribution in [2.24, 2.45) is 0 Å².